The largest absolute Gasteiger partial charge is 0.490 e. The van der Waals surface area contributed by atoms with Crippen LogP contribution in [0.15, 0.2) is 18.2 Å². The van der Waals surface area contributed by atoms with Crippen LogP contribution in [0.2, 0.25) is 0 Å². The molecule has 1 aromatic carbocycles. The molecule has 0 aromatic heterocycles. The zero-order valence-corrected chi connectivity index (χ0v) is 9.56. The molecular weight excluding hydrogens is 238 g/mol. The minimum atomic E-state index is -3.04. The molecule has 0 bridgehead atoms. The number of rotatable bonds is 5. The number of hydrogen-bond acceptors (Lipinski definition) is 3. The maximum Gasteiger partial charge on any atom is 0.200 e. The molecule has 0 unspecified atom stereocenters. The lowest BCUT2D eigenvalue weighted by molar-refractivity contribution is 0.295. The molecule has 0 aliphatic heterocycles. The Kier molecular flexibility index (Phi) is 4.23. The molecule has 1 rings (SSSR count). The summed E-state index contributed by atoms with van der Waals surface area (Å²) in [6, 6.07) is 3.60. The molecule has 0 fully saturated rings. The average Bonchev–Trinajstić information content (AvgIpc) is 2.17. The lowest BCUT2D eigenvalue weighted by atomic mass is 10.3. The summed E-state index contributed by atoms with van der Waals surface area (Å²) in [5, 5.41) is 0. The minimum Gasteiger partial charge on any atom is -0.490 e. The van der Waals surface area contributed by atoms with Crippen molar-refractivity contribution in [1.29, 1.82) is 0 Å². The average molecular weight is 250 g/mol. The maximum atomic E-state index is 13.0. The van der Waals surface area contributed by atoms with Gasteiger partial charge in [-0.15, -0.1) is 0 Å². The molecular formula is C10H12F2O3S. The van der Waals surface area contributed by atoms with Gasteiger partial charge >= 0.3 is 0 Å². The van der Waals surface area contributed by atoms with Gasteiger partial charge in [-0.3, -0.25) is 0 Å². The van der Waals surface area contributed by atoms with E-state index in [1.165, 1.54) is 12.1 Å². The van der Waals surface area contributed by atoms with Gasteiger partial charge in [0.05, 0.1) is 12.4 Å². The van der Waals surface area contributed by atoms with Crippen LogP contribution < -0.4 is 4.74 Å². The minimum absolute atomic E-state index is 0.0352. The van der Waals surface area contributed by atoms with Gasteiger partial charge in [0.1, 0.15) is 9.84 Å². The summed E-state index contributed by atoms with van der Waals surface area (Å²) in [5.74, 6) is -2.28. The van der Waals surface area contributed by atoms with Crippen molar-refractivity contribution in [2.75, 3.05) is 18.6 Å². The molecule has 1 aromatic rings. The SMILES string of the molecule is CS(=O)(=O)CCCOc1cccc(F)c1F. The van der Waals surface area contributed by atoms with Crippen LogP contribution in [0, 0.1) is 11.6 Å². The van der Waals surface area contributed by atoms with E-state index in [9.17, 15) is 17.2 Å². The van der Waals surface area contributed by atoms with E-state index in [2.05, 4.69) is 0 Å². The summed E-state index contributed by atoms with van der Waals surface area (Å²) in [6.45, 7) is 0.0352. The van der Waals surface area contributed by atoms with E-state index in [0.29, 0.717) is 0 Å². The zero-order chi connectivity index (χ0) is 12.2. The predicted octanol–water partition coefficient (Wildman–Crippen LogP) is 1.78. The molecule has 0 heterocycles. The Morgan fingerprint density at radius 1 is 1.31 bits per heavy atom. The van der Waals surface area contributed by atoms with Crippen LogP contribution in [0.25, 0.3) is 0 Å². The second-order valence-electron chi connectivity index (χ2n) is 3.38. The van der Waals surface area contributed by atoms with Gasteiger partial charge in [0, 0.05) is 6.26 Å². The third-order valence-electron chi connectivity index (χ3n) is 1.83. The third-order valence-corrected chi connectivity index (χ3v) is 2.86. The molecule has 0 aliphatic rings. The van der Waals surface area contributed by atoms with Gasteiger partial charge in [-0.05, 0) is 18.6 Å². The Bertz CT molecular complexity index is 457. The topological polar surface area (TPSA) is 43.4 Å². The van der Waals surface area contributed by atoms with Gasteiger partial charge < -0.3 is 4.74 Å². The summed E-state index contributed by atoms with van der Waals surface area (Å²) in [7, 11) is -3.04. The lowest BCUT2D eigenvalue weighted by Gasteiger charge is -2.06. The number of hydrogen-bond donors (Lipinski definition) is 0. The van der Waals surface area contributed by atoms with E-state index in [1.54, 1.807) is 0 Å². The van der Waals surface area contributed by atoms with Crippen LogP contribution >= 0.6 is 0 Å². The van der Waals surface area contributed by atoms with Crippen LogP contribution in [0.5, 0.6) is 5.75 Å². The van der Waals surface area contributed by atoms with Gasteiger partial charge in [0.25, 0.3) is 0 Å². The maximum absolute atomic E-state index is 13.0. The molecule has 0 atom stereocenters. The highest BCUT2D eigenvalue weighted by atomic mass is 32.2. The highest BCUT2D eigenvalue weighted by Gasteiger charge is 2.08. The standard InChI is InChI=1S/C10H12F2O3S/c1-16(13,14)7-3-6-15-9-5-2-4-8(11)10(9)12/h2,4-5H,3,6-7H2,1H3. The summed E-state index contributed by atoms with van der Waals surface area (Å²) in [6.07, 6.45) is 1.35. The smallest absolute Gasteiger partial charge is 0.200 e. The molecule has 0 amide bonds. The Labute approximate surface area is 93.0 Å². The van der Waals surface area contributed by atoms with Crippen LogP contribution in [0.3, 0.4) is 0 Å². The first-order valence-corrected chi connectivity index (χ1v) is 6.71. The summed E-state index contributed by atoms with van der Waals surface area (Å²) >= 11 is 0. The molecule has 0 saturated carbocycles. The van der Waals surface area contributed by atoms with Gasteiger partial charge in [-0.1, -0.05) is 6.07 Å². The number of sulfone groups is 1. The molecule has 0 radical (unpaired) electrons. The van der Waals surface area contributed by atoms with Crippen molar-refractivity contribution in [2.45, 2.75) is 6.42 Å². The fraction of sp³-hybridized carbons (Fsp3) is 0.400. The van der Waals surface area contributed by atoms with Crippen molar-refractivity contribution in [3.8, 4) is 5.75 Å². The lowest BCUT2D eigenvalue weighted by Crippen LogP contribution is -2.08. The summed E-state index contributed by atoms with van der Waals surface area (Å²) in [4.78, 5) is 0. The van der Waals surface area contributed by atoms with E-state index in [4.69, 9.17) is 4.74 Å². The Hall–Kier alpha value is -1.17. The van der Waals surface area contributed by atoms with Crippen molar-refractivity contribution >= 4 is 9.84 Å². The highest BCUT2D eigenvalue weighted by Crippen LogP contribution is 2.19. The normalized spacial score (nSPS) is 11.4. The van der Waals surface area contributed by atoms with Crippen LogP contribution in [0.1, 0.15) is 6.42 Å². The zero-order valence-electron chi connectivity index (χ0n) is 8.74. The first kappa shape index (κ1) is 12.9. The molecule has 0 saturated heterocycles. The molecule has 90 valence electrons. The van der Waals surface area contributed by atoms with Crippen molar-refractivity contribution in [1.82, 2.24) is 0 Å². The fourth-order valence-corrected chi connectivity index (χ4v) is 1.74. The second kappa shape index (κ2) is 5.25. The van der Waals surface area contributed by atoms with Crippen molar-refractivity contribution in [3.05, 3.63) is 29.8 Å². The number of halogens is 2. The summed E-state index contributed by atoms with van der Waals surface area (Å²) < 4.78 is 52.3. The Morgan fingerprint density at radius 3 is 2.62 bits per heavy atom. The molecule has 0 N–H and O–H groups in total. The second-order valence-corrected chi connectivity index (χ2v) is 5.64. The van der Waals surface area contributed by atoms with E-state index in [-0.39, 0.29) is 24.5 Å². The van der Waals surface area contributed by atoms with Crippen molar-refractivity contribution in [2.24, 2.45) is 0 Å². The summed E-state index contributed by atoms with van der Waals surface area (Å²) in [5.41, 5.74) is 0. The van der Waals surface area contributed by atoms with Crippen molar-refractivity contribution < 1.29 is 21.9 Å². The Balaban J connectivity index is 2.47. The van der Waals surface area contributed by atoms with Gasteiger partial charge in [-0.2, -0.15) is 4.39 Å². The molecule has 6 heteroatoms. The predicted molar refractivity (Wildman–Crippen MR) is 56.2 cm³/mol. The van der Waals surface area contributed by atoms with Gasteiger partial charge in [-0.25, -0.2) is 12.8 Å². The fourth-order valence-electron chi connectivity index (χ4n) is 1.10. The van der Waals surface area contributed by atoms with E-state index < -0.39 is 21.5 Å². The quantitative estimate of drug-likeness (QED) is 0.748. The number of ether oxygens (including phenoxy) is 1. The van der Waals surface area contributed by atoms with Gasteiger partial charge in [0.2, 0.25) is 5.82 Å². The van der Waals surface area contributed by atoms with Crippen LogP contribution in [-0.2, 0) is 9.84 Å². The van der Waals surface area contributed by atoms with E-state index in [1.807, 2.05) is 0 Å². The first-order chi connectivity index (χ1) is 7.40. The van der Waals surface area contributed by atoms with E-state index >= 15 is 0 Å². The molecule has 0 spiro atoms. The molecule has 3 nitrogen and oxygen atoms in total. The van der Waals surface area contributed by atoms with Crippen LogP contribution in [0.4, 0.5) is 8.78 Å². The highest BCUT2D eigenvalue weighted by molar-refractivity contribution is 7.90. The van der Waals surface area contributed by atoms with Gasteiger partial charge in [0.15, 0.2) is 11.6 Å². The monoisotopic (exact) mass is 250 g/mol. The molecule has 16 heavy (non-hydrogen) atoms. The number of benzene rings is 1. The van der Waals surface area contributed by atoms with Crippen molar-refractivity contribution in [3.63, 3.8) is 0 Å². The Morgan fingerprint density at radius 2 is 2.00 bits per heavy atom. The van der Waals surface area contributed by atoms with Crippen LogP contribution in [-0.4, -0.2) is 27.0 Å². The van der Waals surface area contributed by atoms with E-state index in [0.717, 1.165) is 12.3 Å². The first-order valence-electron chi connectivity index (χ1n) is 4.65. The third kappa shape index (κ3) is 4.14. The molecule has 0 aliphatic carbocycles.